The molecule has 27 heavy (non-hydrogen) atoms. The van der Waals surface area contributed by atoms with Gasteiger partial charge in [0, 0.05) is 49.1 Å². The maximum atomic E-state index is 12.9. The largest absolute Gasteiger partial charge is 0.337 e. The quantitative estimate of drug-likeness (QED) is 0.727. The normalized spacial score (nSPS) is 17.6. The van der Waals surface area contributed by atoms with Crippen LogP contribution in [0.4, 0.5) is 0 Å². The highest BCUT2D eigenvalue weighted by Gasteiger charge is 2.29. The molecule has 4 heterocycles. The Labute approximate surface area is 160 Å². The molecule has 1 amide bonds. The molecule has 0 saturated carbocycles. The Balaban J connectivity index is 1.64. The molecule has 0 aromatic carbocycles. The molecule has 1 N–H and O–H groups in total. The van der Waals surface area contributed by atoms with E-state index in [9.17, 15) is 9.59 Å². The Morgan fingerprint density at radius 1 is 1.37 bits per heavy atom. The third-order valence-corrected chi connectivity index (χ3v) is 5.63. The minimum Gasteiger partial charge on any atom is -0.337 e. The van der Waals surface area contributed by atoms with Gasteiger partial charge in [0.05, 0.1) is 11.2 Å². The van der Waals surface area contributed by atoms with E-state index < -0.39 is 0 Å². The van der Waals surface area contributed by atoms with Crippen LogP contribution in [0.2, 0.25) is 5.02 Å². The molecule has 1 saturated heterocycles. The van der Waals surface area contributed by atoms with Crippen molar-refractivity contribution in [3.8, 4) is 0 Å². The van der Waals surface area contributed by atoms with E-state index in [-0.39, 0.29) is 17.4 Å². The third-order valence-electron chi connectivity index (χ3n) is 5.35. The van der Waals surface area contributed by atoms with Crippen LogP contribution in [0.25, 0.3) is 5.65 Å². The number of hydrogen-bond donors (Lipinski definition) is 1. The molecular formula is C18H21ClN6O2. The molecule has 8 nitrogen and oxygen atoms in total. The monoisotopic (exact) mass is 388 g/mol. The molecular weight excluding hydrogens is 368 g/mol. The number of rotatable bonds is 2. The summed E-state index contributed by atoms with van der Waals surface area (Å²) in [4.78, 5) is 31.6. The van der Waals surface area contributed by atoms with E-state index >= 15 is 0 Å². The number of aryl methyl sites for hydroxylation is 2. The summed E-state index contributed by atoms with van der Waals surface area (Å²) in [5.74, 6) is -0.0146. The van der Waals surface area contributed by atoms with Crippen molar-refractivity contribution in [2.24, 2.45) is 7.05 Å². The lowest BCUT2D eigenvalue weighted by atomic mass is 9.94. The number of piperidine rings is 1. The average Bonchev–Trinajstić information content (AvgIpc) is 3.23. The molecule has 9 heteroatoms. The summed E-state index contributed by atoms with van der Waals surface area (Å²) in [5.41, 5.74) is 3.20. The Hall–Kier alpha value is -2.61. The second kappa shape index (κ2) is 6.53. The summed E-state index contributed by atoms with van der Waals surface area (Å²) in [6.45, 7) is 4.84. The van der Waals surface area contributed by atoms with Gasteiger partial charge in [0.25, 0.3) is 11.5 Å². The maximum absolute atomic E-state index is 12.9. The number of carbonyl (C=O) groups is 1. The molecule has 4 rings (SSSR count). The first-order valence-corrected chi connectivity index (χ1v) is 9.30. The van der Waals surface area contributed by atoms with Crippen LogP contribution in [-0.4, -0.2) is 48.3 Å². The molecule has 3 aromatic heterocycles. The first-order chi connectivity index (χ1) is 12.9. The summed E-state index contributed by atoms with van der Waals surface area (Å²) in [5, 5.41) is 7.59. The Bertz CT molecular complexity index is 1080. The second-order valence-electron chi connectivity index (χ2n) is 7.09. The van der Waals surface area contributed by atoms with Crippen LogP contribution in [0, 0.1) is 13.8 Å². The van der Waals surface area contributed by atoms with Gasteiger partial charge in [-0.1, -0.05) is 11.6 Å². The molecule has 0 bridgehead atoms. The van der Waals surface area contributed by atoms with Gasteiger partial charge in [0.2, 0.25) is 0 Å². The number of halogens is 1. The first-order valence-electron chi connectivity index (χ1n) is 8.92. The van der Waals surface area contributed by atoms with Crippen molar-refractivity contribution in [2.45, 2.75) is 32.6 Å². The number of nitrogens with zero attached hydrogens (tertiary/aromatic N) is 5. The predicted octanol–water partition coefficient (Wildman–Crippen LogP) is 2.05. The van der Waals surface area contributed by atoms with E-state index in [1.807, 2.05) is 13.0 Å². The van der Waals surface area contributed by atoms with Crippen LogP contribution in [0.15, 0.2) is 17.1 Å². The van der Waals surface area contributed by atoms with E-state index in [0.29, 0.717) is 35.0 Å². The number of H-pyrrole nitrogens is 1. The van der Waals surface area contributed by atoms with Crippen molar-refractivity contribution in [3.63, 3.8) is 0 Å². The number of fused-ring (bicyclic) bond motifs is 1. The third kappa shape index (κ3) is 2.93. The number of aromatic nitrogens is 5. The minimum atomic E-state index is -0.122. The predicted molar refractivity (Wildman–Crippen MR) is 101 cm³/mol. The van der Waals surface area contributed by atoms with Crippen molar-refractivity contribution in [1.82, 2.24) is 29.3 Å². The zero-order chi connectivity index (χ0) is 19.3. The highest BCUT2D eigenvalue weighted by atomic mass is 35.5. The Kier molecular flexibility index (Phi) is 4.30. The fourth-order valence-corrected chi connectivity index (χ4v) is 3.91. The van der Waals surface area contributed by atoms with Gasteiger partial charge in [-0.25, -0.2) is 9.50 Å². The number of amides is 1. The summed E-state index contributed by atoms with van der Waals surface area (Å²) in [7, 11) is 1.71. The number of likely N-dealkylation sites (tertiary alicyclic amines) is 1. The molecule has 1 fully saturated rings. The van der Waals surface area contributed by atoms with Crippen molar-refractivity contribution >= 4 is 23.2 Å². The van der Waals surface area contributed by atoms with Crippen LogP contribution in [0.5, 0.6) is 0 Å². The summed E-state index contributed by atoms with van der Waals surface area (Å²) in [6.07, 6.45) is 3.29. The average molecular weight is 389 g/mol. The lowest BCUT2D eigenvalue weighted by Gasteiger charge is -2.32. The minimum absolute atomic E-state index is 0.0887. The van der Waals surface area contributed by atoms with Gasteiger partial charge in [-0.3, -0.25) is 19.4 Å². The molecule has 0 aliphatic carbocycles. The van der Waals surface area contributed by atoms with E-state index in [2.05, 4.69) is 15.2 Å². The standard InChI is InChI=1S/C18H21ClN6O2/c1-10-11(2)21-15-7-14(22-25(15)17(10)26)12-5-4-6-24(9-12)18(27)16-13(19)8-20-23(16)3/h7-8,12,22H,4-6,9H2,1-3H3. The van der Waals surface area contributed by atoms with Gasteiger partial charge in [0.15, 0.2) is 5.65 Å². The van der Waals surface area contributed by atoms with Crippen LogP contribution < -0.4 is 5.56 Å². The van der Waals surface area contributed by atoms with Gasteiger partial charge in [-0.2, -0.15) is 5.10 Å². The summed E-state index contributed by atoms with van der Waals surface area (Å²) in [6, 6.07) is 1.91. The van der Waals surface area contributed by atoms with Crippen molar-refractivity contribution < 1.29 is 4.79 Å². The van der Waals surface area contributed by atoms with E-state index in [1.165, 1.54) is 15.4 Å². The second-order valence-corrected chi connectivity index (χ2v) is 7.49. The van der Waals surface area contributed by atoms with Crippen molar-refractivity contribution in [1.29, 1.82) is 0 Å². The lowest BCUT2D eigenvalue weighted by Crippen LogP contribution is -2.40. The van der Waals surface area contributed by atoms with Crippen LogP contribution in [0.1, 0.15) is 46.2 Å². The maximum Gasteiger partial charge on any atom is 0.275 e. The van der Waals surface area contributed by atoms with Gasteiger partial charge >= 0.3 is 0 Å². The lowest BCUT2D eigenvalue weighted by molar-refractivity contribution is 0.0695. The fraction of sp³-hybridized carbons (Fsp3) is 0.444. The number of aromatic amines is 1. The van der Waals surface area contributed by atoms with Gasteiger partial charge in [0.1, 0.15) is 5.69 Å². The molecule has 142 valence electrons. The molecule has 1 aliphatic heterocycles. The highest BCUT2D eigenvalue weighted by Crippen LogP contribution is 2.28. The van der Waals surface area contributed by atoms with Crippen LogP contribution in [0.3, 0.4) is 0 Å². The van der Waals surface area contributed by atoms with Crippen LogP contribution >= 0.6 is 11.6 Å². The van der Waals surface area contributed by atoms with E-state index in [1.54, 1.807) is 18.9 Å². The fourth-order valence-electron chi connectivity index (χ4n) is 3.66. The summed E-state index contributed by atoms with van der Waals surface area (Å²) >= 11 is 6.13. The first kappa shape index (κ1) is 17.8. The molecule has 1 atom stereocenters. The Morgan fingerprint density at radius 3 is 2.85 bits per heavy atom. The van der Waals surface area contributed by atoms with E-state index in [4.69, 9.17) is 11.6 Å². The molecule has 1 aliphatic rings. The molecule has 0 radical (unpaired) electrons. The summed E-state index contributed by atoms with van der Waals surface area (Å²) < 4.78 is 2.99. The zero-order valence-electron chi connectivity index (χ0n) is 15.5. The van der Waals surface area contributed by atoms with Crippen molar-refractivity contribution in [3.05, 3.63) is 50.3 Å². The molecule has 1 unspecified atom stereocenters. The number of carbonyl (C=O) groups excluding carboxylic acids is 1. The van der Waals surface area contributed by atoms with Crippen molar-refractivity contribution in [2.75, 3.05) is 13.1 Å². The topological polar surface area (TPSA) is 88.3 Å². The molecule has 3 aromatic rings. The zero-order valence-corrected chi connectivity index (χ0v) is 16.2. The van der Waals surface area contributed by atoms with Gasteiger partial charge < -0.3 is 4.90 Å². The smallest absolute Gasteiger partial charge is 0.275 e. The van der Waals surface area contributed by atoms with Gasteiger partial charge in [-0.15, -0.1) is 0 Å². The molecule has 0 spiro atoms. The Morgan fingerprint density at radius 2 is 2.15 bits per heavy atom. The number of hydrogen-bond acceptors (Lipinski definition) is 4. The highest BCUT2D eigenvalue weighted by molar-refractivity contribution is 6.33. The number of nitrogens with one attached hydrogen (secondary N) is 1. The SMILES string of the molecule is Cc1nc2cc(C3CCCN(C(=O)c4c(Cl)cnn4C)C3)[nH]n2c(=O)c1C. The van der Waals surface area contributed by atoms with Gasteiger partial charge in [-0.05, 0) is 26.7 Å². The van der Waals surface area contributed by atoms with Crippen LogP contribution in [-0.2, 0) is 7.05 Å². The van der Waals surface area contributed by atoms with E-state index in [0.717, 1.165) is 24.2 Å².